The molecule has 1 fully saturated rings. The first-order valence-electron chi connectivity index (χ1n) is 7.66. The van der Waals surface area contributed by atoms with E-state index in [1.54, 1.807) is 6.20 Å². The maximum Gasteiger partial charge on any atom is 0.339 e. The number of hydrogen-bond donors (Lipinski definition) is 3. The minimum Gasteiger partial charge on any atom is -0.478 e. The zero-order chi connectivity index (χ0) is 14.8. The van der Waals surface area contributed by atoms with Crippen molar-refractivity contribution in [1.82, 2.24) is 9.97 Å². The van der Waals surface area contributed by atoms with Crippen molar-refractivity contribution in [2.24, 2.45) is 5.92 Å². The van der Waals surface area contributed by atoms with Gasteiger partial charge < -0.3 is 15.4 Å². The molecule has 0 radical (unpaired) electrons. The number of aromatic carboxylic acids is 1. The van der Waals surface area contributed by atoms with Crippen LogP contribution in [-0.2, 0) is 0 Å². The quantitative estimate of drug-likeness (QED) is 0.802. The van der Waals surface area contributed by atoms with E-state index in [-0.39, 0.29) is 5.56 Å². The van der Waals surface area contributed by atoms with Crippen molar-refractivity contribution in [1.29, 1.82) is 0 Å². The van der Waals surface area contributed by atoms with Crippen molar-refractivity contribution >= 4 is 22.7 Å². The third kappa shape index (κ3) is 2.60. The van der Waals surface area contributed by atoms with Gasteiger partial charge in [0, 0.05) is 23.8 Å². The molecule has 5 nitrogen and oxygen atoms in total. The Morgan fingerprint density at radius 2 is 2.29 bits per heavy atom. The molecule has 2 atom stereocenters. The van der Waals surface area contributed by atoms with Crippen LogP contribution in [0.25, 0.3) is 11.0 Å². The third-order valence-electron chi connectivity index (χ3n) is 4.58. The summed E-state index contributed by atoms with van der Waals surface area (Å²) in [4.78, 5) is 18.7. The Hall–Kier alpha value is -2.04. The Kier molecular flexibility index (Phi) is 3.82. The molecule has 0 aromatic carbocycles. The van der Waals surface area contributed by atoms with E-state index in [4.69, 9.17) is 0 Å². The number of anilines is 1. The van der Waals surface area contributed by atoms with Crippen LogP contribution >= 0.6 is 0 Å². The summed E-state index contributed by atoms with van der Waals surface area (Å²) in [5.41, 5.74) is 1.69. The Morgan fingerprint density at radius 3 is 3.05 bits per heavy atom. The number of pyridine rings is 1. The number of H-pyrrole nitrogens is 1. The van der Waals surface area contributed by atoms with E-state index < -0.39 is 5.97 Å². The van der Waals surface area contributed by atoms with Crippen LogP contribution in [0.2, 0.25) is 0 Å². The maximum atomic E-state index is 11.5. The first kappa shape index (κ1) is 13.9. The van der Waals surface area contributed by atoms with E-state index in [2.05, 4.69) is 22.2 Å². The second-order valence-electron chi connectivity index (χ2n) is 5.80. The van der Waals surface area contributed by atoms with Crippen molar-refractivity contribution in [3.05, 3.63) is 24.0 Å². The van der Waals surface area contributed by atoms with Gasteiger partial charge in [-0.05, 0) is 24.8 Å². The van der Waals surface area contributed by atoms with Gasteiger partial charge in [0.25, 0.3) is 0 Å². The van der Waals surface area contributed by atoms with Crippen molar-refractivity contribution in [2.75, 3.05) is 5.32 Å². The summed E-state index contributed by atoms with van der Waals surface area (Å²) in [5.74, 6) is -0.320. The predicted molar refractivity (Wildman–Crippen MR) is 82.7 cm³/mol. The molecule has 3 rings (SSSR count). The first-order valence-corrected chi connectivity index (χ1v) is 7.66. The Morgan fingerprint density at radius 1 is 1.48 bits per heavy atom. The van der Waals surface area contributed by atoms with Gasteiger partial charge in [-0.1, -0.05) is 26.2 Å². The van der Waals surface area contributed by atoms with Gasteiger partial charge in [0.05, 0.1) is 5.69 Å². The molecule has 0 unspecified atom stereocenters. The van der Waals surface area contributed by atoms with Crippen LogP contribution in [0.15, 0.2) is 18.5 Å². The number of aromatic nitrogens is 2. The van der Waals surface area contributed by atoms with Gasteiger partial charge in [0.15, 0.2) is 0 Å². The van der Waals surface area contributed by atoms with Crippen molar-refractivity contribution in [3.63, 3.8) is 0 Å². The molecule has 0 amide bonds. The van der Waals surface area contributed by atoms with Gasteiger partial charge in [-0.3, -0.25) is 0 Å². The number of nitrogens with zero attached hydrogens (tertiary/aromatic N) is 1. The van der Waals surface area contributed by atoms with Crippen LogP contribution in [0.4, 0.5) is 5.69 Å². The number of fused-ring (bicyclic) bond motifs is 1. The summed E-state index contributed by atoms with van der Waals surface area (Å²) in [6, 6.07) is 2.24. The van der Waals surface area contributed by atoms with Crippen LogP contribution in [-0.4, -0.2) is 27.1 Å². The fourth-order valence-corrected chi connectivity index (χ4v) is 3.40. The molecule has 112 valence electrons. The molecule has 1 saturated carbocycles. The lowest BCUT2D eigenvalue weighted by Gasteiger charge is -2.32. The van der Waals surface area contributed by atoms with Crippen LogP contribution in [0.3, 0.4) is 0 Å². The van der Waals surface area contributed by atoms with E-state index in [9.17, 15) is 9.90 Å². The highest BCUT2D eigenvalue weighted by Gasteiger charge is 2.26. The molecule has 1 aliphatic rings. The number of carboxylic acid groups (broad SMARTS) is 1. The van der Waals surface area contributed by atoms with Gasteiger partial charge in [-0.25, -0.2) is 9.78 Å². The van der Waals surface area contributed by atoms with Crippen molar-refractivity contribution in [2.45, 2.75) is 45.1 Å². The van der Waals surface area contributed by atoms with E-state index in [0.29, 0.717) is 17.6 Å². The zero-order valence-electron chi connectivity index (χ0n) is 12.2. The largest absolute Gasteiger partial charge is 0.478 e. The molecular weight excluding hydrogens is 266 g/mol. The number of hydrogen-bond acceptors (Lipinski definition) is 3. The highest BCUT2D eigenvalue weighted by atomic mass is 16.4. The molecule has 2 heterocycles. The standard InChI is InChI=1S/C16H21N3O2/c1-2-10-5-3-4-6-13(10)19-14-11-7-8-17-15(11)18-9-12(14)16(20)21/h7-10,13H,2-6H2,1H3,(H,20,21)(H2,17,18,19)/t10-,13+/m1/s1. The van der Waals surface area contributed by atoms with Gasteiger partial charge in [-0.2, -0.15) is 0 Å². The fraction of sp³-hybridized carbons (Fsp3) is 0.500. The van der Waals surface area contributed by atoms with Crippen molar-refractivity contribution < 1.29 is 9.90 Å². The molecule has 2 aromatic heterocycles. The second kappa shape index (κ2) is 5.76. The summed E-state index contributed by atoms with van der Waals surface area (Å²) in [6.45, 7) is 2.21. The molecule has 5 heteroatoms. The maximum absolute atomic E-state index is 11.5. The third-order valence-corrected chi connectivity index (χ3v) is 4.58. The van der Waals surface area contributed by atoms with E-state index >= 15 is 0 Å². The molecular formula is C16H21N3O2. The lowest BCUT2D eigenvalue weighted by atomic mass is 9.82. The molecule has 0 bridgehead atoms. The van der Waals surface area contributed by atoms with Crippen LogP contribution < -0.4 is 5.32 Å². The molecule has 3 N–H and O–H groups in total. The smallest absolute Gasteiger partial charge is 0.339 e. The molecule has 0 saturated heterocycles. The van der Waals surface area contributed by atoms with Crippen LogP contribution in [0, 0.1) is 5.92 Å². The SMILES string of the molecule is CC[C@@H]1CCCC[C@@H]1Nc1c(C(=O)O)cnc2[nH]ccc12. The summed E-state index contributed by atoms with van der Waals surface area (Å²) in [6.07, 6.45) is 9.17. The van der Waals surface area contributed by atoms with E-state index in [1.807, 2.05) is 6.07 Å². The topological polar surface area (TPSA) is 78.0 Å². The normalized spacial score (nSPS) is 22.3. The predicted octanol–water partition coefficient (Wildman–Crippen LogP) is 3.64. The minimum absolute atomic E-state index is 0.252. The molecule has 0 spiro atoms. The highest BCUT2D eigenvalue weighted by molar-refractivity contribution is 6.03. The summed E-state index contributed by atoms with van der Waals surface area (Å²) < 4.78 is 0. The Bertz CT molecular complexity index is 650. The summed E-state index contributed by atoms with van der Waals surface area (Å²) in [7, 11) is 0. The highest BCUT2D eigenvalue weighted by Crippen LogP contribution is 2.33. The summed E-state index contributed by atoms with van der Waals surface area (Å²) >= 11 is 0. The molecule has 21 heavy (non-hydrogen) atoms. The zero-order valence-corrected chi connectivity index (χ0v) is 12.2. The van der Waals surface area contributed by atoms with Crippen LogP contribution in [0.1, 0.15) is 49.4 Å². The Labute approximate surface area is 123 Å². The number of nitrogens with one attached hydrogen (secondary N) is 2. The minimum atomic E-state index is -0.933. The second-order valence-corrected chi connectivity index (χ2v) is 5.80. The lowest BCUT2D eigenvalue weighted by Crippen LogP contribution is -2.32. The van der Waals surface area contributed by atoms with Gasteiger partial charge >= 0.3 is 5.97 Å². The molecule has 2 aromatic rings. The summed E-state index contributed by atoms with van der Waals surface area (Å²) in [5, 5.41) is 13.8. The average Bonchev–Trinajstić information content (AvgIpc) is 2.96. The molecule has 0 aliphatic heterocycles. The number of carbonyl (C=O) groups is 1. The fourth-order valence-electron chi connectivity index (χ4n) is 3.40. The van der Waals surface area contributed by atoms with Gasteiger partial charge in [-0.15, -0.1) is 0 Å². The number of carboxylic acids is 1. The van der Waals surface area contributed by atoms with Gasteiger partial charge in [0.2, 0.25) is 0 Å². The Balaban J connectivity index is 1.99. The molecule has 1 aliphatic carbocycles. The lowest BCUT2D eigenvalue weighted by molar-refractivity contribution is 0.0697. The first-order chi connectivity index (χ1) is 10.2. The van der Waals surface area contributed by atoms with E-state index in [0.717, 1.165) is 23.9 Å². The number of rotatable bonds is 4. The van der Waals surface area contributed by atoms with Crippen LogP contribution in [0.5, 0.6) is 0 Å². The van der Waals surface area contributed by atoms with Gasteiger partial charge in [0.1, 0.15) is 11.2 Å². The average molecular weight is 287 g/mol. The van der Waals surface area contributed by atoms with E-state index in [1.165, 1.54) is 25.5 Å². The monoisotopic (exact) mass is 287 g/mol. The van der Waals surface area contributed by atoms with Crippen molar-refractivity contribution in [3.8, 4) is 0 Å². The number of aromatic amines is 1.